The molecule has 0 fully saturated rings. The Labute approximate surface area is 151 Å². The maximum absolute atomic E-state index is 12.5. The molecule has 6 heteroatoms. The number of carbonyl (C=O) groups is 2. The van der Waals surface area contributed by atoms with Gasteiger partial charge in [0.1, 0.15) is 17.8 Å². The molecule has 1 aromatic heterocycles. The molecule has 0 aliphatic heterocycles. The van der Waals surface area contributed by atoms with Crippen LogP contribution in [-0.2, 0) is 0 Å². The lowest BCUT2D eigenvalue weighted by Crippen LogP contribution is -2.14. The van der Waals surface area contributed by atoms with Gasteiger partial charge in [0.25, 0.3) is 5.91 Å². The van der Waals surface area contributed by atoms with E-state index >= 15 is 0 Å². The Kier molecular flexibility index (Phi) is 5.03. The molecule has 3 rings (SSSR count). The Hall–Kier alpha value is -3.54. The van der Waals surface area contributed by atoms with Crippen LogP contribution in [0, 0.1) is 6.92 Å². The number of para-hydroxylation sites is 1. The van der Waals surface area contributed by atoms with Gasteiger partial charge in [0.15, 0.2) is 5.78 Å². The molecule has 3 aromatic rings. The number of hydrogen-bond donors (Lipinski definition) is 2. The van der Waals surface area contributed by atoms with Crippen molar-refractivity contribution in [1.82, 2.24) is 9.97 Å². The number of carbonyl (C=O) groups excluding carboxylic acids is 2. The highest BCUT2D eigenvalue weighted by atomic mass is 16.2. The standard InChI is InChI=1S/C20H18N4O2/c1-13-6-3-4-9-17(13)24-19-11-18(21-12-22-19)20(26)23-16-8-5-7-15(10-16)14(2)25/h3-12H,1-2H3,(H,23,26)(H,21,22,24). The number of amides is 1. The lowest BCUT2D eigenvalue weighted by molar-refractivity contribution is 0.100. The molecular weight excluding hydrogens is 328 g/mol. The number of aryl methyl sites for hydroxylation is 1. The number of benzene rings is 2. The van der Waals surface area contributed by atoms with Crippen molar-refractivity contribution in [2.24, 2.45) is 0 Å². The number of rotatable bonds is 5. The fourth-order valence-electron chi connectivity index (χ4n) is 2.41. The second-order valence-electron chi connectivity index (χ2n) is 5.82. The summed E-state index contributed by atoms with van der Waals surface area (Å²) in [5, 5.41) is 5.93. The Morgan fingerprint density at radius 1 is 0.962 bits per heavy atom. The van der Waals surface area contributed by atoms with Crippen molar-refractivity contribution in [2.45, 2.75) is 13.8 Å². The van der Waals surface area contributed by atoms with E-state index in [9.17, 15) is 9.59 Å². The van der Waals surface area contributed by atoms with Crippen molar-refractivity contribution in [1.29, 1.82) is 0 Å². The zero-order valence-corrected chi connectivity index (χ0v) is 14.5. The van der Waals surface area contributed by atoms with Gasteiger partial charge in [-0.2, -0.15) is 0 Å². The Morgan fingerprint density at radius 3 is 2.54 bits per heavy atom. The molecule has 130 valence electrons. The van der Waals surface area contributed by atoms with Crippen molar-refractivity contribution in [3.63, 3.8) is 0 Å². The average Bonchev–Trinajstić information content (AvgIpc) is 2.64. The molecule has 0 aliphatic rings. The van der Waals surface area contributed by atoms with E-state index in [2.05, 4.69) is 20.6 Å². The van der Waals surface area contributed by atoms with Crippen LogP contribution in [0.4, 0.5) is 17.2 Å². The number of hydrogen-bond acceptors (Lipinski definition) is 5. The van der Waals surface area contributed by atoms with Crippen LogP contribution in [-0.4, -0.2) is 21.7 Å². The molecule has 0 bridgehead atoms. The monoisotopic (exact) mass is 346 g/mol. The van der Waals surface area contributed by atoms with Gasteiger partial charge in [0.2, 0.25) is 0 Å². The molecule has 2 aromatic carbocycles. The summed E-state index contributed by atoms with van der Waals surface area (Å²) in [6.45, 7) is 3.47. The number of nitrogens with one attached hydrogen (secondary N) is 2. The number of nitrogens with zero attached hydrogens (tertiary/aromatic N) is 2. The molecule has 0 radical (unpaired) electrons. The van der Waals surface area contributed by atoms with E-state index < -0.39 is 0 Å². The first-order valence-electron chi connectivity index (χ1n) is 8.10. The molecule has 2 N–H and O–H groups in total. The summed E-state index contributed by atoms with van der Waals surface area (Å²) in [6.07, 6.45) is 1.33. The molecule has 0 spiro atoms. The maximum atomic E-state index is 12.5. The van der Waals surface area contributed by atoms with Crippen LogP contribution in [0.2, 0.25) is 0 Å². The predicted octanol–water partition coefficient (Wildman–Crippen LogP) is 3.98. The molecule has 26 heavy (non-hydrogen) atoms. The smallest absolute Gasteiger partial charge is 0.274 e. The van der Waals surface area contributed by atoms with Gasteiger partial charge in [-0.1, -0.05) is 30.3 Å². The summed E-state index contributed by atoms with van der Waals surface area (Å²) in [5.74, 6) is 0.0886. The fourth-order valence-corrected chi connectivity index (χ4v) is 2.41. The summed E-state index contributed by atoms with van der Waals surface area (Å²) >= 11 is 0. The van der Waals surface area contributed by atoms with Gasteiger partial charge in [-0.05, 0) is 37.6 Å². The normalized spacial score (nSPS) is 10.2. The van der Waals surface area contributed by atoms with Crippen molar-refractivity contribution in [3.05, 3.63) is 77.7 Å². The van der Waals surface area contributed by atoms with Crippen LogP contribution in [0.5, 0.6) is 0 Å². The summed E-state index contributed by atoms with van der Waals surface area (Å²) in [4.78, 5) is 32.1. The summed E-state index contributed by atoms with van der Waals surface area (Å²) < 4.78 is 0. The second-order valence-corrected chi connectivity index (χ2v) is 5.82. The third kappa shape index (κ3) is 4.10. The van der Waals surface area contributed by atoms with Crippen LogP contribution in [0.25, 0.3) is 0 Å². The van der Waals surface area contributed by atoms with E-state index in [0.29, 0.717) is 17.1 Å². The first kappa shape index (κ1) is 17.3. The highest BCUT2D eigenvalue weighted by Crippen LogP contribution is 2.19. The average molecular weight is 346 g/mol. The highest BCUT2D eigenvalue weighted by molar-refractivity contribution is 6.04. The number of ketones is 1. The van der Waals surface area contributed by atoms with Gasteiger partial charge < -0.3 is 10.6 Å². The third-order valence-electron chi connectivity index (χ3n) is 3.83. The van der Waals surface area contributed by atoms with E-state index in [1.165, 1.54) is 13.3 Å². The number of anilines is 3. The number of aromatic nitrogens is 2. The molecule has 0 aliphatic carbocycles. The van der Waals surface area contributed by atoms with Gasteiger partial charge in [0.05, 0.1) is 0 Å². The van der Waals surface area contributed by atoms with Crippen LogP contribution >= 0.6 is 0 Å². The number of Topliss-reactive ketones (excluding diaryl/α,β-unsaturated/α-hetero) is 1. The second kappa shape index (κ2) is 7.57. The van der Waals surface area contributed by atoms with E-state index in [1.807, 2.05) is 31.2 Å². The van der Waals surface area contributed by atoms with Crippen molar-refractivity contribution < 1.29 is 9.59 Å². The molecule has 1 heterocycles. The van der Waals surface area contributed by atoms with Gasteiger partial charge >= 0.3 is 0 Å². The lowest BCUT2D eigenvalue weighted by Gasteiger charge is -2.10. The molecule has 0 unspecified atom stereocenters. The summed E-state index contributed by atoms with van der Waals surface area (Å²) in [7, 11) is 0. The molecule has 0 saturated heterocycles. The molecular formula is C20H18N4O2. The van der Waals surface area contributed by atoms with Gasteiger partial charge in [-0.25, -0.2) is 9.97 Å². The van der Waals surface area contributed by atoms with Crippen molar-refractivity contribution >= 4 is 28.9 Å². The molecule has 0 atom stereocenters. The van der Waals surface area contributed by atoms with Crippen LogP contribution in [0.3, 0.4) is 0 Å². The molecule has 1 amide bonds. The maximum Gasteiger partial charge on any atom is 0.274 e. The minimum absolute atomic E-state index is 0.0622. The first-order valence-corrected chi connectivity index (χ1v) is 8.10. The first-order chi connectivity index (χ1) is 12.5. The minimum atomic E-state index is -0.374. The Bertz CT molecular complexity index is 969. The van der Waals surface area contributed by atoms with E-state index in [1.54, 1.807) is 30.3 Å². The zero-order chi connectivity index (χ0) is 18.5. The quantitative estimate of drug-likeness (QED) is 0.683. The SMILES string of the molecule is CC(=O)c1cccc(NC(=O)c2cc(Nc3ccccc3C)ncn2)c1. The van der Waals surface area contributed by atoms with Crippen LogP contribution in [0.1, 0.15) is 33.3 Å². The van der Waals surface area contributed by atoms with Crippen LogP contribution in [0.15, 0.2) is 60.9 Å². The topological polar surface area (TPSA) is 84.0 Å². The van der Waals surface area contributed by atoms with Crippen LogP contribution < -0.4 is 10.6 Å². The molecule has 6 nitrogen and oxygen atoms in total. The van der Waals surface area contributed by atoms with E-state index in [-0.39, 0.29) is 17.4 Å². The van der Waals surface area contributed by atoms with E-state index in [0.717, 1.165) is 11.3 Å². The van der Waals surface area contributed by atoms with Gasteiger partial charge in [0, 0.05) is 23.0 Å². The Balaban J connectivity index is 1.77. The summed E-state index contributed by atoms with van der Waals surface area (Å²) in [6, 6.07) is 16.1. The minimum Gasteiger partial charge on any atom is -0.340 e. The van der Waals surface area contributed by atoms with Crippen molar-refractivity contribution in [2.75, 3.05) is 10.6 Å². The Morgan fingerprint density at radius 2 is 1.77 bits per heavy atom. The predicted molar refractivity (Wildman–Crippen MR) is 101 cm³/mol. The van der Waals surface area contributed by atoms with Crippen molar-refractivity contribution in [3.8, 4) is 0 Å². The highest BCUT2D eigenvalue weighted by Gasteiger charge is 2.11. The molecule has 0 saturated carbocycles. The zero-order valence-electron chi connectivity index (χ0n) is 14.5. The fraction of sp³-hybridized carbons (Fsp3) is 0.100. The largest absolute Gasteiger partial charge is 0.340 e. The van der Waals surface area contributed by atoms with E-state index in [4.69, 9.17) is 0 Å². The summed E-state index contributed by atoms with van der Waals surface area (Å²) in [5.41, 5.74) is 3.27. The van der Waals surface area contributed by atoms with Gasteiger partial charge in [-0.15, -0.1) is 0 Å². The van der Waals surface area contributed by atoms with Gasteiger partial charge in [-0.3, -0.25) is 9.59 Å². The third-order valence-corrected chi connectivity index (χ3v) is 3.83. The lowest BCUT2D eigenvalue weighted by atomic mass is 10.1.